The van der Waals surface area contributed by atoms with E-state index in [9.17, 15) is 14.0 Å². The number of hydrogen-bond acceptors (Lipinski definition) is 2. The molecule has 0 atom stereocenters. The number of carbonyl (C=O) groups excluding carboxylic acids is 2. The van der Waals surface area contributed by atoms with Gasteiger partial charge in [0.25, 0.3) is 0 Å². The van der Waals surface area contributed by atoms with Gasteiger partial charge < -0.3 is 10.2 Å². The predicted octanol–water partition coefficient (Wildman–Crippen LogP) is 2.61. The zero-order valence-corrected chi connectivity index (χ0v) is 13.7. The van der Waals surface area contributed by atoms with Gasteiger partial charge in [0.05, 0.1) is 6.54 Å². The van der Waals surface area contributed by atoms with Gasteiger partial charge in [-0.25, -0.2) is 4.39 Å². The summed E-state index contributed by atoms with van der Waals surface area (Å²) in [6.45, 7) is 3.81. The van der Waals surface area contributed by atoms with Crippen molar-refractivity contribution in [2.45, 2.75) is 38.8 Å². The number of rotatable bonds is 4. The second kappa shape index (κ2) is 6.13. The van der Waals surface area contributed by atoms with Crippen LogP contribution in [0.3, 0.4) is 0 Å². The van der Waals surface area contributed by atoms with Crippen molar-refractivity contribution in [3.05, 3.63) is 34.1 Å². The maximum atomic E-state index is 13.9. The Morgan fingerprint density at radius 2 is 2.00 bits per heavy atom. The number of halogens is 2. The Labute approximate surface area is 131 Å². The fraction of sp³-hybridized carbons (Fsp3) is 0.467. The van der Waals surface area contributed by atoms with Crippen LogP contribution in [0.5, 0.6) is 0 Å². The zero-order valence-electron chi connectivity index (χ0n) is 12.1. The van der Waals surface area contributed by atoms with Crippen molar-refractivity contribution in [1.82, 2.24) is 10.2 Å². The first kappa shape index (κ1) is 15.9. The highest BCUT2D eigenvalue weighted by Gasteiger charge is 2.43. The minimum atomic E-state index is -0.860. The molecule has 1 heterocycles. The Morgan fingerprint density at radius 1 is 1.33 bits per heavy atom. The van der Waals surface area contributed by atoms with E-state index < -0.39 is 5.54 Å². The van der Waals surface area contributed by atoms with Crippen LogP contribution in [0.1, 0.15) is 32.3 Å². The molecular formula is C15H18BrFN2O2. The highest BCUT2D eigenvalue weighted by atomic mass is 79.9. The van der Waals surface area contributed by atoms with Gasteiger partial charge in [-0.05, 0) is 25.0 Å². The molecule has 1 aliphatic rings. The van der Waals surface area contributed by atoms with E-state index in [2.05, 4.69) is 21.2 Å². The number of amides is 2. The molecule has 1 aromatic carbocycles. The maximum Gasteiger partial charge on any atom is 0.249 e. The standard InChI is InChI=1S/C15H18BrFN2O2/c1-3-15(4-2)14(21)19(9-13(20)18-15)8-10-5-6-11(16)7-12(10)17/h5-7H,3-4,8-9H2,1-2H3,(H,18,20). The fourth-order valence-electron chi connectivity index (χ4n) is 2.62. The molecule has 0 bridgehead atoms. The lowest BCUT2D eigenvalue weighted by molar-refractivity contribution is -0.151. The van der Waals surface area contributed by atoms with Gasteiger partial charge in [0, 0.05) is 16.6 Å². The van der Waals surface area contributed by atoms with Crippen molar-refractivity contribution in [3.8, 4) is 0 Å². The quantitative estimate of drug-likeness (QED) is 0.901. The molecule has 1 fully saturated rings. The normalized spacial score (nSPS) is 17.8. The second-order valence-corrected chi connectivity index (χ2v) is 6.15. The highest BCUT2D eigenvalue weighted by Crippen LogP contribution is 2.24. The van der Waals surface area contributed by atoms with Crippen molar-refractivity contribution in [3.63, 3.8) is 0 Å². The summed E-state index contributed by atoms with van der Waals surface area (Å²) in [7, 11) is 0. The summed E-state index contributed by atoms with van der Waals surface area (Å²) in [5.41, 5.74) is -0.455. The largest absolute Gasteiger partial charge is 0.340 e. The molecule has 4 nitrogen and oxygen atoms in total. The first-order valence-corrected chi connectivity index (χ1v) is 7.75. The zero-order chi connectivity index (χ0) is 15.6. The van der Waals surface area contributed by atoms with E-state index in [0.29, 0.717) is 22.9 Å². The molecule has 0 aliphatic carbocycles. The molecule has 2 amide bonds. The van der Waals surface area contributed by atoms with Crippen LogP contribution in [0.15, 0.2) is 22.7 Å². The number of nitrogens with one attached hydrogen (secondary N) is 1. The number of hydrogen-bond donors (Lipinski definition) is 1. The lowest BCUT2D eigenvalue weighted by Crippen LogP contribution is -2.65. The summed E-state index contributed by atoms with van der Waals surface area (Å²) >= 11 is 3.20. The van der Waals surface area contributed by atoms with Crippen LogP contribution in [-0.4, -0.2) is 28.8 Å². The van der Waals surface area contributed by atoms with Crippen molar-refractivity contribution in [2.75, 3.05) is 6.54 Å². The van der Waals surface area contributed by atoms with Crippen molar-refractivity contribution in [2.24, 2.45) is 0 Å². The van der Waals surface area contributed by atoms with Gasteiger partial charge in [0.15, 0.2) is 0 Å². The van der Waals surface area contributed by atoms with Crippen LogP contribution in [-0.2, 0) is 16.1 Å². The molecule has 0 saturated carbocycles. The van der Waals surface area contributed by atoms with E-state index in [-0.39, 0.29) is 30.7 Å². The molecule has 1 aromatic rings. The Kier molecular flexibility index (Phi) is 4.66. The molecule has 0 unspecified atom stereocenters. The van der Waals surface area contributed by atoms with Gasteiger partial charge in [-0.2, -0.15) is 0 Å². The van der Waals surface area contributed by atoms with Crippen molar-refractivity contribution < 1.29 is 14.0 Å². The van der Waals surface area contributed by atoms with Gasteiger partial charge in [0.1, 0.15) is 11.4 Å². The average Bonchev–Trinajstić information content (AvgIpc) is 2.45. The predicted molar refractivity (Wildman–Crippen MR) is 81.0 cm³/mol. The maximum absolute atomic E-state index is 13.9. The van der Waals surface area contributed by atoms with Gasteiger partial charge in [-0.3, -0.25) is 9.59 Å². The summed E-state index contributed by atoms with van der Waals surface area (Å²) in [5, 5.41) is 2.79. The number of carbonyl (C=O) groups is 2. The summed E-state index contributed by atoms with van der Waals surface area (Å²) < 4.78 is 14.6. The molecule has 6 heteroatoms. The molecule has 0 aromatic heterocycles. The third kappa shape index (κ3) is 3.10. The fourth-order valence-corrected chi connectivity index (χ4v) is 2.95. The van der Waals surface area contributed by atoms with Crippen LogP contribution in [0.2, 0.25) is 0 Å². The van der Waals surface area contributed by atoms with Crippen LogP contribution >= 0.6 is 15.9 Å². The van der Waals surface area contributed by atoms with E-state index in [1.165, 1.54) is 11.0 Å². The van der Waals surface area contributed by atoms with Crippen LogP contribution < -0.4 is 5.32 Å². The van der Waals surface area contributed by atoms with Crippen molar-refractivity contribution >= 4 is 27.7 Å². The van der Waals surface area contributed by atoms with Gasteiger partial charge >= 0.3 is 0 Å². The van der Waals surface area contributed by atoms with Gasteiger partial charge in [-0.1, -0.05) is 35.8 Å². The summed E-state index contributed by atoms with van der Waals surface area (Å²) in [5.74, 6) is -0.730. The van der Waals surface area contributed by atoms with E-state index in [1.807, 2.05) is 13.8 Å². The highest BCUT2D eigenvalue weighted by molar-refractivity contribution is 9.10. The number of piperazine rings is 1. The first-order chi connectivity index (χ1) is 9.91. The Morgan fingerprint density at radius 3 is 2.57 bits per heavy atom. The average molecular weight is 357 g/mol. The summed E-state index contributed by atoms with van der Waals surface area (Å²) in [6.07, 6.45) is 1.04. The third-order valence-corrected chi connectivity index (χ3v) is 4.49. The minimum absolute atomic E-state index is 0.0317. The lowest BCUT2D eigenvalue weighted by Gasteiger charge is -2.41. The Bertz CT molecular complexity index is 573. The van der Waals surface area contributed by atoms with E-state index in [1.54, 1.807) is 12.1 Å². The lowest BCUT2D eigenvalue weighted by atomic mass is 9.88. The number of nitrogens with zero attached hydrogens (tertiary/aromatic N) is 1. The van der Waals surface area contributed by atoms with E-state index in [4.69, 9.17) is 0 Å². The van der Waals surface area contributed by atoms with Gasteiger partial charge in [-0.15, -0.1) is 0 Å². The third-order valence-electron chi connectivity index (χ3n) is 3.99. The minimum Gasteiger partial charge on any atom is -0.340 e. The smallest absolute Gasteiger partial charge is 0.249 e. The van der Waals surface area contributed by atoms with Crippen molar-refractivity contribution in [1.29, 1.82) is 0 Å². The molecule has 2 rings (SSSR count). The molecule has 1 saturated heterocycles. The Balaban J connectivity index is 2.26. The van der Waals surface area contributed by atoms with Crippen LogP contribution in [0.4, 0.5) is 4.39 Å². The molecule has 114 valence electrons. The monoisotopic (exact) mass is 356 g/mol. The summed E-state index contributed by atoms with van der Waals surface area (Å²) in [4.78, 5) is 25.9. The Hall–Kier alpha value is -1.43. The molecule has 1 N–H and O–H groups in total. The molecule has 0 spiro atoms. The molecule has 0 radical (unpaired) electrons. The van der Waals surface area contributed by atoms with E-state index in [0.717, 1.165) is 0 Å². The first-order valence-electron chi connectivity index (χ1n) is 6.96. The SMILES string of the molecule is CCC1(CC)NC(=O)CN(Cc2ccc(Br)cc2F)C1=O. The van der Waals surface area contributed by atoms with Gasteiger partial charge in [0.2, 0.25) is 11.8 Å². The summed E-state index contributed by atoms with van der Waals surface area (Å²) in [6, 6.07) is 4.70. The second-order valence-electron chi connectivity index (χ2n) is 5.23. The molecular weight excluding hydrogens is 339 g/mol. The molecule has 21 heavy (non-hydrogen) atoms. The van der Waals surface area contributed by atoms with Crippen LogP contribution in [0.25, 0.3) is 0 Å². The van der Waals surface area contributed by atoms with E-state index >= 15 is 0 Å². The number of benzene rings is 1. The van der Waals surface area contributed by atoms with Crippen LogP contribution in [0, 0.1) is 5.82 Å². The topological polar surface area (TPSA) is 49.4 Å². The molecule has 1 aliphatic heterocycles.